The van der Waals surface area contributed by atoms with E-state index >= 15 is 0 Å². The minimum Gasteiger partial charge on any atom is -0.492 e. The quantitative estimate of drug-likeness (QED) is 0.0967. The van der Waals surface area contributed by atoms with E-state index in [0.717, 1.165) is 27.1 Å². The van der Waals surface area contributed by atoms with Crippen LogP contribution in [-0.2, 0) is 39.9 Å². The lowest BCUT2D eigenvalue weighted by Gasteiger charge is -2.25. The summed E-state index contributed by atoms with van der Waals surface area (Å²) in [6, 6.07) is 15.5. The first-order valence-corrected chi connectivity index (χ1v) is 15.1. The molecule has 13 heteroatoms. The van der Waals surface area contributed by atoms with Gasteiger partial charge in [0.25, 0.3) is 0 Å². The predicted molar refractivity (Wildman–Crippen MR) is 161 cm³/mol. The van der Waals surface area contributed by atoms with Gasteiger partial charge in [0.1, 0.15) is 18.5 Å². The van der Waals surface area contributed by atoms with Gasteiger partial charge in [-0.25, -0.2) is 4.98 Å². The SMILES string of the molecule is CC(=O)OC[C@H]1O[C@@H](n2c(NCc3cc4cccc(OCCCCl)c4s3)nc3ccccc32)[C@H](OC(C)=O)[C@@H]1OC(C)=O. The van der Waals surface area contributed by atoms with Crippen molar-refractivity contribution in [3.8, 4) is 5.75 Å². The number of esters is 3. The number of fused-ring (bicyclic) bond motifs is 2. The Balaban J connectivity index is 1.48. The summed E-state index contributed by atoms with van der Waals surface area (Å²) in [6.45, 7) is 4.55. The summed E-state index contributed by atoms with van der Waals surface area (Å²) in [4.78, 5) is 41.7. The largest absolute Gasteiger partial charge is 0.492 e. The fourth-order valence-corrected chi connectivity index (χ4v) is 6.19. The van der Waals surface area contributed by atoms with Crippen molar-refractivity contribution < 1.29 is 38.1 Å². The van der Waals surface area contributed by atoms with Crippen molar-refractivity contribution in [2.75, 3.05) is 24.4 Å². The van der Waals surface area contributed by atoms with E-state index in [1.807, 2.05) is 42.5 Å². The minimum absolute atomic E-state index is 0.200. The molecule has 0 amide bonds. The Bertz CT molecular complexity index is 1620. The van der Waals surface area contributed by atoms with E-state index in [0.29, 0.717) is 36.0 Å². The van der Waals surface area contributed by atoms with Crippen LogP contribution >= 0.6 is 22.9 Å². The second-order valence-electron chi connectivity index (χ2n) is 9.94. The van der Waals surface area contributed by atoms with Crippen LogP contribution in [0.25, 0.3) is 21.1 Å². The molecule has 1 aliphatic heterocycles. The summed E-state index contributed by atoms with van der Waals surface area (Å²) in [5, 5.41) is 4.47. The lowest BCUT2D eigenvalue weighted by molar-refractivity contribution is -0.166. The molecule has 0 radical (unpaired) electrons. The van der Waals surface area contributed by atoms with Crippen molar-refractivity contribution in [3.05, 3.63) is 53.4 Å². The highest BCUT2D eigenvalue weighted by Crippen LogP contribution is 2.39. The molecule has 43 heavy (non-hydrogen) atoms. The molecule has 4 atom stereocenters. The van der Waals surface area contributed by atoms with Gasteiger partial charge in [-0.15, -0.1) is 22.9 Å². The first-order chi connectivity index (χ1) is 20.7. The highest BCUT2D eigenvalue weighted by atomic mass is 35.5. The number of alkyl halides is 1. The third-order valence-electron chi connectivity index (χ3n) is 6.71. The van der Waals surface area contributed by atoms with Crippen LogP contribution in [0.1, 0.15) is 38.3 Å². The molecular formula is C30H32ClN3O8S. The number of thiophene rings is 1. The molecule has 0 unspecified atom stereocenters. The third-order valence-corrected chi connectivity index (χ3v) is 8.14. The fraction of sp³-hybridized carbons (Fsp3) is 0.400. The van der Waals surface area contributed by atoms with Gasteiger partial charge >= 0.3 is 17.9 Å². The van der Waals surface area contributed by atoms with Crippen molar-refractivity contribution in [1.29, 1.82) is 0 Å². The van der Waals surface area contributed by atoms with Crippen LogP contribution in [0.2, 0.25) is 0 Å². The predicted octanol–water partition coefficient (Wildman–Crippen LogP) is 5.19. The maximum Gasteiger partial charge on any atom is 0.303 e. The number of para-hydroxylation sites is 2. The molecule has 0 aliphatic carbocycles. The summed E-state index contributed by atoms with van der Waals surface area (Å²) >= 11 is 7.42. The Kier molecular flexibility index (Phi) is 9.69. The Morgan fingerprint density at radius 1 is 1.02 bits per heavy atom. The van der Waals surface area contributed by atoms with Crippen molar-refractivity contribution in [2.45, 2.75) is 58.3 Å². The summed E-state index contributed by atoms with van der Waals surface area (Å²) < 4.78 is 31.5. The number of hydrogen-bond donors (Lipinski definition) is 1. The number of nitrogens with zero attached hydrogens (tertiary/aromatic N) is 2. The van der Waals surface area contributed by atoms with E-state index in [-0.39, 0.29) is 6.61 Å². The molecule has 0 spiro atoms. The van der Waals surface area contributed by atoms with Crippen molar-refractivity contribution in [2.24, 2.45) is 0 Å². The number of carbonyl (C=O) groups excluding carboxylic acids is 3. The molecule has 3 heterocycles. The molecule has 1 fully saturated rings. The lowest BCUT2D eigenvalue weighted by atomic mass is 10.1. The van der Waals surface area contributed by atoms with E-state index in [1.165, 1.54) is 20.8 Å². The average Bonchev–Trinajstić information content (AvgIpc) is 3.64. The van der Waals surface area contributed by atoms with Crippen molar-refractivity contribution in [1.82, 2.24) is 9.55 Å². The van der Waals surface area contributed by atoms with Crippen molar-refractivity contribution >= 4 is 67.9 Å². The lowest BCUT2D eigenvalue weighted by Crippen LogP contribution is -2.40. The topological polar surface area (TPSA) is 127 Å². The summed E-state index contributed by atoms with van der Waals surface area (Å²) in [6.07, 6.45) is -3.16. The van der Waals surface area contributed by atoms with E-state index in [4.69, 9.17) is 40.3 Å². The van der Waals surface area contributed by atoms with Gasteiger partial charge in [-0.05, 0) is 36.1 Å². The normalized spacial score (nSPS) is 19.8. The van der Waals surface area contributed by atoms with E-state index in [9.17, 15) is 14.4 Å². The monoisotopic (exact) mass is 629 g/mol. The van der Waals surface area contributed by atoms with Gasteiger partial charge in [0.05, 0.1) is 28.9 Å². The van der Waals surface area contributed by atoms with Crippen LogP contribution in [-0.4, -0.2) is 64.9 Å². The first kappa shape index (κ1) is 30.6. The summed E-state index contributed by atoms with van der Waals surface area (Å²) in [5.74, 6) is 0.0929. The number of aromatic nitrogens is 2. The molecule has 2 aromatic carbocycles. The van der Waals surface area contributed by atoms with Gasteiger partial charge < -0.3 is 29.0 Å². The number of nitrogens with one attached hydrogen (secondary N) is 1. The molecule has 1 aliphatic rings. The summed E-state index contributed by atoms with van der Waals surface area (Å²) in [7, 11) is 0. The van der Waals surface area contributed by atoms with Crippen LogP contribution in [0.15, 0.2) is 48.5 Å². The van der Waals surface area contributed by atoms with E-state index < -0.39 is 42.4 Å². The number of anilines is 1. The fourth-order valence-electron chi connectivity index (χ4n) is 5.02. The zero-order chi connectivity index (χ0) is 30.5. The Morgan fingerprint density at radius 2 is 1.79 bits per heavy atom. The van der Waals surface area contributed by atoms with E-state index in [2.05, 4.69) is 11.4 Å². The van der Waals surface area contributed by atoms with Gasteiger partial charge in [0, 0.05) is 31.5 Å². The van der Waals surface area contributed by atoms with Crippen LogP contribution in [0.4, 0.5) is 5.95 Å². The second-order valence-corrected chi connectivity index (χ2v) is 11.5. The molecule has 2 aromatic heterocycles. The Hall–Kier alpha value is -3.87. The van der Waals surface area contributed by atoms with E-state index in [1.54, 1.807) is 15.9 Å². The molecule has 1 N–H and O–H groups in total. The zero-order valence-corrected chi connectivity index (χ0v) is 25.5. The molecule has 228 valence electrons. The van der Waals surface area contributed by atoms with Crippen molar-refractivity contribution in [3.63, 3.8) is 0 Å². The molecule has 5 rings (SSSR count). The Morgan fingerprint density at radius 3 is 2.53 bits per heavy atom. The molecule has 11 nitrogen and oxygen atoms in total. The first-order valence-electron chi connectivity index (χ1n) is 13.8. The number of rotatable bonds is 12. The number of hydrogen-bond acceptors (Lipinski definition) is 11. The molecule has 0 bridgehead atoms. The van der Waals surface area contributed by atoms with Gasteiger partial charge in [-0.3, -0.25) is 19.0 Å². The maximum absolute atomic E-state index is 12.2. The van der Waals surface area contributed by atoms with Gasteiger partial charge in [0.15, 0.2) is 18.4 Å². The maximum atomic E-state index is 12.2. The number of halogens is 1. The molecule has 4 aromatic rings. The Labute approximate surface area is 257 Å². The molecular weight excluding hydrogens is 598 g/mol. The van der Waals surface area contributed by atoms with Crippen LogP contribution < -0.4 is 10.1 Å². The van der Waals surface area contributed by atoms with Crippen LogP contribution in [0, 0.1) is 0 Å². The number of imidazole rings is 1. The average molecular weight is 630 g/mol. The summed E-state index contributed by atoms with van der Waals surface area (Å²) in [5.41, 5.74) is 1.38. The van der Waals surface area contributed by atoms with Gasteiger partial charge in [-0.1, -0.05) is 24.3 Å². The molecule has 0 saturated carbocycles. The second kappa shape index (κ2) is 13.6. The van der Waals surface area contributed by atoms with Gasteiger partial charge in [-0.2, -0.15) is 0 Å². The highest BCUT2D eigenvalue weighted by molar-refractivity contribution is 7.19. The van der Waals surface area contributed by atoms with Crippen LogP contribution in [0.3, 0.4) is 0 Å². The van der Waals surface area contributed by atoms with Gasteiger partial charge in [0.2, 0.25) is 5.95 Å². The zero-order valence-electron chi connectivity index (χ0n) is 23.9. The number of benzene rings is 2. The standard InChI is InChI=1S/C30H32ClN3O8S/c1-17(35)39-16-25-26(40-18(2)36)27(41-19(3)37)29(42-25)34-23-10-5-4-9-22(23)33-30(34)32-15-21-14-20-8-6-11-24(28(20)43-21)38-13-7-12-31/h4-6,8-11,14,25-27,29H,7,12-13,15-16H2,1-3H3,(H,32,33)/t25-,26-,27-,29-/m1/s1. The molecule has 1 saturated heterocycles. The third kappa shape index (κ3) is 7.03. The number of ether oxygens (including phenoxy) is 5. The highest BCUT2D eigenvalue weighted by Gasteiger charge is 2.51. The van der Waals surface area contributed by atoms with Crippen LogP contribution in [0.5, 0.6) is 5.75 Å². The minimum atomic E-state index is -1.04. The smallest absolute Gasteiger partial charge is 0.303 e. The number of carbonyl (C=O) groups is 3.